The van der Waals surface area contributed by atoms with Crippen LogP contribution in [0.3, 0.4) is 0 Å². The number of fused-ring (bicyclic) bond motifs is 2. The molecule has 2 aromatic carbocycles. The molecule has 0 unspecified atom stereocenters. The summed E-state index contributed by atoms with van der Waals surface area (Å²) in [5, 5.41) is 4.20. The first-order valence-electron chi connectivity index (χ1n) is 12.2. The highest BCUT2D eigenvalue weighted by molar-refractivity contribution is 9.10. The summed E-state index contributed by atoms with van der Waals surface area (Å²) in [5.41, 5.74) is 5.53. The van der Waals surface area contributed by atoms with Gasteiger partial charge in [-0.15, -0.1) is 0 Å². The Morgan fingerprint density at radius 3 is 2.77 bits per heavy atom. The Labute approximate surface area is 212 Å². The number of pyridine rings is 2. The monoisotopic (exact) mass is 530 g/mol. The van der Waals surface area contributed by atoms with Crippen LogP contribution >= 0.6 is 15.9 Å². The van der Waals surface area contributed by atoms with Crippen molar-refractivity contribution in [3.05, 3.63) is 86.9 Å². The second-order valence-electron chi connectivity index (χ2n) is 9.30. The van der Waals surface area contributed by atoms with Crippen LogP contribution in [0.4, 0.5) is 11.4 Å². The van der Waals surface area contributed by atoms with E-state index in [0.717, 1.165) is 63.6 Å². The van der Waals surface area contributed by atoms with Crippen LogP contribution in [0.25, 0.3) is 16.6 Å². The fourth-order valence-electron chi connectivity index (χ4n) is 5.15. The summed E-state index contributed by atoms with van der Waals surface area (Å²) in [7, 11) is 0. The van der Waals surface area contributed by atoms with E-state index in [-0.39, 0.29) is 5.43 Å². The van der Waals surface area contributed by atoms with Gasteiger partial charge in [0.1, 0.15) is 12.4 Å². The number of piperidine rings is 1. The zero-order valence-corrected chi connectivity index (χ0v) is 21.1. The summed E-state index contributed by atoms with van der Waals surface area (Å²) >= 11 is 3.59. The average molecular weight is 531 g/mol. The molecule has 0 amide bonds. The number of ether oxygens (including phenoxy) is 1. The molecule has 6 rings (SSSR count). The molecule has 35 heavy (non-hydrogen) atoms. The molecule has 0 bridgehead atoms. The number of nitrogens with zero attached hydrogens (tertiary/aromatic N) is 3. The predicted molar refractivity (Wildman–Crippen MR) is 143 cm³/mol. The van der Waals surface area contributed by atoms with Gasteiger partial charge in [0.2, 0.25) is 0 Å². The molecule has 1 N–H and O–H groups in total. The van der Waals surface area contributed by atoms with Crippen molar-refractivity contribution in [2.45, 2.75) is 25.7 Å². The van der Waals surface area contributed by atoms with Gasteiger partial charge in [0.25, 0.3) is 0 Å². The number of anilines is 2. The number of halogens is 1. The van der Waals surface area contributed by atoms with E-state index in [9.17, 15) is 4.79 Å². The van der Waals surface area contributed by atoms with Gasteiger partial charge in [-0.05, 0) is 61.8 Å². The van der Waals surface area contributed by atoms with Crippen molar-refractivity contribution in [1.29, 1.82) is 0 Å². The van der Waals surface area contributed by atoms with Crippen LogP contribution in [0.2, 0.25) is 0 Å². The Hall–Kier alpha value is -3.16. The quantitative estimate of drug-likeness (QED) is 0.307. The molecule has 0 aliphatic carbocycles. The van der Waals surface area contributed by atoms with Crippen LogP contribution in [0.15, 0.2) is 70.3 Å². The van der Waals surface area contributed by atoms with Gasteiger partial charge in [-0.2, -0.15) is 0 Å². The number of hydrogen-bond donors (Lipinski definition) is 1. The van der Waals surface area contributed by atoms with Crippen LogP contribution in [-0.4, -0.2) is 40.7 Å². The lowest BCUT2D eigenvalue weighted by atomic mass is 10.0. The zero-order chi connectivity index (χ0) is 23.8. The number of likely N-dealkylation sites (tertiary alicyclic amines) is 1. The summed E-state index contributed by atoms with van der Waals surface area (Å²) < 4.78 is 9.33. The van der Waals surface area contributed by atoms with Crippen molar-refractivity contribution >= 4 is 38.2 Å². The molecule has 1 fully saturated rings. The highest BCUT2D eigenvalue weighted by Crippen LogP contribution is 2.39. The summed E-state index contributed by atoms with van der Waals surface area (Å²) in [5.74, 6) is 0.720. The van der Waals surface area contributed by atoms with Crippen molar-refractivity contribution in [1.82, 2.24) is 14.5 Å². The minimum absolute atomic E-state index is 0.0326. The summed E-state index contributed by atoms with van der Waals surface area (Å²) in [6.45, 7) is 3.79. The standard InChI is InChI=1S/C28H27BrN4O2/c29-21-6-7-26-24(14-21)31-25-16-22(35-12-11-32-9-2-1-3-10-32)15-23-27(25)33(26)18-20(28(23)34)13-19-5-4-8-30-17-19/h4-8,14-18,31H,1-3,9-13H2. The van der Waals surface area contributed by atoms with E-state index in [2.05, 4.69) is 47.8 Å². The molecular formula is C28H27BrN4O2. The van der Waals surface area contributed by atoms with Crippen molar-refractivity contribution in [3.8, 4) is 11.4 Å². The predicted octanol–water partition coefficient (Wildman–Crippen LogP) is 5.66. The molecular weight excluding hydrogens is 504 g/mol. The first-order valence-corrected chi connectivity index (χ1v) is 13.0. The molecule has 1 saturated heterocycles. The normalized spacial score (nSPS) is 15.0. The van der Waals surface area contributed by atoms with Gasteiger partial charge in [-0.25, -0.2) is 0 Å². The van der Waals surface area contributed by atoms with Gasteiger partial charge in [-0.3, -0.25) is 14.7 Å². The van der Waals surface area contributed by atoms with Gasteiger partial charge in [0.05, 0.1) is 28.0 Å². The Bertz CT molecular complexity index is 1450. The molecule has 0 radical (unpaired) electrons. The van der Waals surface area contributed by atoms with Crippen molar-refractivity contribution in [3.63, 3.8) is 0 Å². The van der Waals surface area contributed by atoms with Gasteiger partial charge in [-0.1, -0.05) is 28.4 Å². The SMILES string of the molecule is O=c1c(Cc2cccnc2)cn2c3c(cc(OCCN4CCCCC4)cc13)Nc1cc(Br)ccc1-2. The van der Waals surface area contributed by atoms with Gasteiger partial charge < -0.3 is 14.6 Å². The molecule has 0 saturated carbocycles. The van der Waals surface area contributed by atoms with E-state index in [0.29, 0.717) is 18.4 Å². The fourth-order valence-corrected chi connectivity index (χ4v) is 5.51. The summed E-state index contributed by atoms with van der Waals surface area (Å²) in [6, 6.07) is 14.0. The van der Waals surface area contributed by atoms with E-state index in [1.165, 1.54) is 19.3 Å². The van der Waals surface area contributed by atoms with Crippen molar-refractivity contribution in [2.75, 3.05) is 31.6 Å². The third-order valence-electron chi connectivity index (χ3n) is 6.88. The maximum absolute atomic E-state index is 13.7. The Balaban J connectivity index is 1.42. The van der Waals surface area contributed by atoms with Crippen molar-refractivity contribution < 1.29 is 4.74 Å². The lowest BCUT2D eigenvalue weighted by Crippen LogP contribution is -2.33. The number of hydrogen-bond acceptors (Lipinski definition) is 5. The van der Waals surface area contributed by atoms with Gasteiger partial charge in [0.15, 0.2) is 5.43 Å². The summed E-state index contributed by atoms with van der Waals surface area (Å²) in [6.07, 6.45) is 9.92. The Morgan fingerprint density at radius 2 is 1.94 bits per heavy atom. The van der Waals surface area contributed by atoms with Gasteiger partial charge >= 0.3 is 0 Å². The number of benzene rings is 2. The minimum atomic E-state index is 0.0326. The van der Waals surface area contributed by atoms with E-state index in [1.807, 2.05) is 42.7 Å². The van der Waals surface area contributed by atoms with Crippen LogP contribution < -0.4 is 15.5 Å². The minimum Gasteiger partial charge on any atom is -0.492 e. The molecule has 7 heteroatoms. The van der Waals surface area contributed by atoms with Gasteiger partial charge in [0, 0.05) is 47.7 Å². The molecule has 2 aromatic heterocycles. The molecule has 2 aliphatic heterocycles. The smallest absolute Gasteiger partial charge is 0.193 e. The maximum Gasteiger partial charge on any atom is 0.193 e. The summed E-state index contributed by atoms with van der Waals surface area (Å²) in [4.78, 5) is 20.4. The average Bonchev–Trinajstić information content (AvgIpc) is 2.87. The topological polar surface area (TPSA) is 59.4 Å². The van der Waals surface area contributed by atoms with Crippen LogP contribution in [0.1, 0.15) is 30.4 Å². The third-order valence-corrected chi connectivity index (χ3v) is 7.37. The second-order valence-corrected chi connectivity index (χ2v) is 10.2. The lowest BCUT2D eigenvalue weighted by molar-refractivity contribution is 0.183. The van der Waals surface area contributed by atoms with E-state index in [1.54, 1.807) is 6.20 Å². The molecule has 6 nitrogen and oxygen atoms in total. The molecule has 2 aliphatic rings. The molecule has 178 valence electrons. The molecule has 4 aromatic rings. The highest BCUT2D eigenvalue weighted by Gasteiger charge is 2.22. The highest BCUT2D eigenvalue weighted by atomic mass is 79.9. The molecule has 0 spiro atoms. The van der Waals surface area contributed by atoms with E-state index < -0.39 is 0 Å². The zero-order valence-electron chi connectivity index (χ0n) is 19.5. The first-order chi connectivity index (χ1) is 17.2. The van der Waals surface area contributed by atoms with Crippen LogP contribution in [0, 0.1) is 0 Å². The maximum atomic E-state index is 13.7. The largest absolute Gasteiger partial charge is 0.492 e. The number of rotatable bonds is 6. The Morgan fingerprint density at radius 1 is 1.06 bits per heavy atom. The second kappa shape index (κ2) is 9.47. The van der Waals surface area contributed by atoms with Crippen LogP contribution in [0.5, 0.6) is 5.75 Å². The molecule has 4 heterocycles. The number of aromatic nitrogens is 2. The first kappa shape index (κ1) is 22.3. The van der Waals surface area contributed by atoms with Crippen LogP contribution in [-0.2, 0) is 6.42 Å². The lowest BCUT2D eigenvalue weighted by Gasteiger charge is -2.27. The van der Waals surface area contributed by atoms with Crippen molar-refractivity contribution in [2.24, 2.45) is 0 Å². The molecule has 0 atom stereocenters. The van der Waals surface area contributed by atoms with E-state index in [4.69, 9.17) is 4.74 Å². The number of nitrogens with one attached hydrogen (secondary N) is 1. The Kier molecular flexibility index (Phi) is 6.04. The third kappa shape index (κ3) is 4.46. The fraction of sp³-hybridized carbons (Fsp3) is 0.286. The van der Waals surface area contributed by atoms with E-state index >= 15 is 0 Å².